The van der Waals surface area contributed by atoms with Crippen molar-refractivity contribution < 1.29 is 13.5 Å². The molecule has 1 aliphatic heterocycles. The first-order valence-corrected chi connectivity index (χ1v) is 6.38. The van der Waals surface area contributed by atoms with E-state index in [0.29, 0.717) is 18.7 Å². The summed E-state index contributed by atoms with van der Waals surface area (Å²) >= 11 is 0. The zero-order chi connectivity index (χ0) is 13.4. The van der Waals surface area contributed by atoms with E-state index in [1.54, 1.807) is 0 Å². The molecular formula is C13H15F2N3O. The lowest BCUT2D eigenvalue weighted by atomic mass is 10.1. The molecule has 1 fully saturated rings. The molecule has 19 heavy (non-hydrogen) atoms. The van der Waals surface area contributed by atoms with E-state index < -0.39 is 11.6 Å². The molecule has 6 heteroatoms. The Morgan fingerprint density at radius 3 is 2.95 bits per heavy atom. The number of hydrogen-bond acceptors (Lipinski definition) is 3. The fourth-order valence-electron chi connectivity index (χ4n) is 2.51. The minimum absolute atomic E-state index is 0.0175. The van der Waals surface area contributed by atoms with Crippen LogP contribution in [0.2, 0.25) is 0 Å². The highest BCUT2D eigenvalue weighted by molar-refractivity contribution is 5.79. The van der Waals surface area contributed by atoms with Crippen LogP contribution in [-0.2, 0) is 11.3 Å². The van der Waals surface area contributed by atoms with Gasteiger partial charge in [0.2, 0.25) is 5.95 Å². The third kappa shape index (κ3) is 2.16. The number of fused-ring (bicyclic) bond motifs is 1. The van der Waals surface area contributed by atoms with Crippen molar-refractivity contribution in [2.24, 2.45) is 0 Å². The van der Waals surface area contributed by atoms with E-state index in [9.17, 15) is 8.78 Å². The Labute approximate surface area is 109 Å². The number of ether oxygens (including phenoxy) is 1. The van der Waals surface area contributed by atoms with Crippen LogP contribution in [0, 0.1) is 11.6 Å². The van der Waals surface area contributed by atoms with Gasteiger partial charge in [-0.15, -0.1) is 0 Å². The number of hydrogen-bond donors (Lipinski definition) is 1. The van der Waals surface area contributed by atoms with Crippen molar-refractivity contribution >= 4 is 17.0 Å². The van der Waals surface area contributed by atoms with Crippen LogP contribution in [0.1, 0.15) is 19.3 Å². The normalized spacial score (nSPS) is 20.0. The van der Waals surface area contributed by atoms with Gasteiger partial charge in [-0.3, -0.25) is 0 Å². The van der Waals surface area contributed by atoms with Crippen LogP contribution in [0.25, 0.3) is 11.0 Å². The van der Waals surface area contributed by atoms with Gasteiger partial charge in [-0.05, 0) is 31.4 Å². The van der Waals surface area contributed by atoms with E-state index >= 15 is 0 Å². The monoisotopic (exact) mass is 267 g/mol. The van der Waals surface area contributed by atoms with Crippen molar-refractivity contribution in [2.75, 3.05) is 12.3 Å². The molecule has 0 saturated carbocycles. The predicted octanol–water partition coefficient (Wildman–Crippen LogP) is 2.47. The fourth-order valence-corrected chi connectivity index (χ4v) is 2.51. The molecule has 4 nitrogen and oxygen atoms in total. The Balaban J connectivity index is 2.01. The highest BCUT2D eigenvalue weighted by Gasteiger charge is 2.20. The van der Waals surface area contributed by atoms with E-state index in [0.717, 1.165) is 25.3 Å². The Hall–Kier alpha value is -1.69. The number of halogens is 2. The van der Waals surface area contributed by atoms with Gasteiger partial charge in [-0.25, -0.2) is 13.8 Å². The molecule has 1 aromatic heterocycles. The molecule has 1 aliphatic rings. The number of rotatable bonds is 2. The highest BCUT2D eigenvalue weighted by Crippen LogP contribution is 2.25. The Kier molecular flexibility index (Phi) is 3.10. The third-order valence-electron chi connectivity index (χ3n) is 3.49. The number of imidazole rings is 1. The van der Waals surface area contributed by atoms with E-state index in [-0.39, 0.29) is 17.6 Å². The second-order valence-electron chi connectivity index (χ2n) is 4.80. The summed E-state index contributed by atoms with van der Waals surface area (Å²) in [4.78, 5) is 4.06. The van der Waals surface area contributed by atoms with Crippen LogP contribution in [0.5, 0.6) is 0 Å². The van der Waals surface area contributed by atoms with Gasteiger partial charge in [-0.2, -0.15) is 0 Å². The first-order valence-electron chi connectivity index (χ1n) is 6.38. The van der Waals surface area contributed by atoms with Gasteiger partial charge >= 0.3 is 0 Å². The quantitative estimate of drug-likeness (QED) is 0.909. The Morgan fingerprint density at radius 1 is 1.37 bits per heavy atom. The van der Waals surface area contributed by atoms with Crippen LogP contribution in [0.3, 0.4) is 0 Å². The summed E-state index contributed by atoms with van der Waals surface area (Å²) in [5, 5.41) is 0. The second-order valence-corrected chi connectivity index (χ2v) is 4.80. The molecule has 0 amide bonds. The van der Waals surface area contributed by atoms with E-state index in [2.05, 4.69) is 4.98 Å². The predicted molar refractivity (Wildman–Crippen MR) is 67.7 cm³/mol. The summed E-state index contributed by atoms with van der Waals surface area (Å²) in [5.74, 6) is -1.61. The van der Waals surface area contributed by atoms with Crippen LogP contribution >= 0.6 is 0 Å². The minimum Gasteiger partial charge on any atom is -0.376 e. The molecule has 1 unspecified atom stereocenters. The summed E-state index contributed by atoms with van der Waals surface area (Å²) in [7, 11) is 0. The molecule has 1 atom stereocenters. The topological polar surface area (TPSA) is 53.1 Å². The van der Waals surface area contributed by atoms with Crippen LogP contribution in [-0.4, -0.2) is 22.3 Å². The molecule has 0 aliphatic carbocycles. The van der Waals surface area contributed by atoms with Gasteiger partial charge in [-0.1, -0.05) is 0 Å². The lowest BCUT2D eigenvalue weighted by molar-refractivity contribution is 0.00687. The maximum atomic E-state index is 13.9. The highest BCUT2D eigenvalue weighted by atomic mass is 19.2. The molecule has 2 N–H and O–H groups in total. The van der Waals surface area contributed by atoms with Gasteiger partial charge in [0.25, 0.3) is 0 Å². The molecule has 1 aromatic carbocycles. The minimum atomic E-state index is -0.905. The van der Waals surface area contributed by atoms with Gasteiger partial charge in [0.1, 0.15) is 5.52 Å². The molecule has 2 heterocycles. The summed E-state index contributed by atoms with van der Waals surface area (Å²) < 4.78 is 34.3. The average molecular weight is 267 g/mol. The average Bonchev–Trinajstić information content (AvgIpc) is 2.73. The maximum absolute atomic E-state index is 13.9. The zero-order valence-electron chi connectivity index (χ0n) is 10.4. The smallest absolute Gasteiger partial charge is 0.201 e. The summed E-state index contributed by atoms with van der Waals surface area (Å²) in [6.45, 7) is 1.11. The van der Waals surface area contributed by atoms with E-state index in [1.165, 1.54) is 10.6 Å². The molecule has 2 aromatic rings. The van der Waals surface area contributed by atoms with Crippen LogP contribution in [0.15, 0.2) is 12.1 Å². The standard InChI is InChI=1S/C13H15F2N3O/c14-9-4-5-10-12(11(9)15)18(13(16)17-10)7-8-3-1-2-6-19-8/h4-5,8H,1-3,6-7H2,(H2,16,17). The molecule has 0 spiro atoms. The number of aromatic nitrogens is 2. The fraction of sp³-hybridized carbons (Fsp3) is 0.462. The lowest BCUT2D eigenvalue weighted by Crippen LogP contribution is -2.25. The molecule has 102 valence electrons. The number of nitrogens with two attached hydrogens (primary N) is 1. The van der Waals surface area contributed by atoms with Gasteiger partial charge in [0.05, 0.1) is 18.2 Å². The summed E-state index contributed by atoms with van der Waals surface area (Å²) in [6, 6.07) is 2.49. The number of nitrogen functional groups attached to an aromatic ring is 1. The Morgan fingerprint density at radius 2 is 2.21 bits per heavy atom. The third-order valence-corrected chi connectivity index (χ3v) is 3.49. The summed E-state index contributed by atoms with van der Waals surface area (Å²) in [6.07, 6.45) is 3.00. The van der Waals surface area contributed by atoms with Crippen molar-refractivity contribution in [3.05, 3.63) is 23.8 Å². The van der Waals surface area contributed by atoms with Crippen LogP contribution in [0.4, 0.5) is 14.7 Å². The van der Waals surface area contributed by atoms with Crippen molar-refractivity contribution in [1.29, 1.82) is 0 Å². The SMILES string of the molecule is Nc1nc2ccc(F)c(F)c2n1CC1CCCCO1. The first-order chi connectivity index (χ1) is 9.16. The number of benzene rings is 1. The molecule has 0 radical (unpaired) electrons. The van der Waals surface area contributed by atoms with E-state index in [4.69, 9.17) is 10.5 Å². The van der Waals surface area contributed by atoms with E-state index in [1.807, 2.05) is 0 Å². The maximum Gasteiger partial charge on any atom is 0.201 e. The first kappa shape index (κ1) is 12.3. The molecule has 0 bridgehead atoms. The Bertz CT molecular complexity index is 605. The zero-order valence-corrected chi connectivity index (χ0v) is 10.4. The molecule has 3 rings (SSSR count). The van der Waals surface area contributed by atoms with Crippen molar-refractivity contribution in [1.82, 2.24) is 9.55 Å². The van der Waals surface area contributed by atoms with Crippen molar-refractivity contribution in [2.45, 2.75) is 31.9 Å². The summed E-state index contributed by atoms with van der Waals surface area (Å²) in [5.41, 5.74) is 6.28. The molecule has 1 saturated heterocycles. The van der Waals surface area contributed by atoms with Crippen LogP contribution < -0.4 is 5.73 Å². The van der Waals surface area contributed by atoms with Crippen molar-refractivity contribution in [3.8, 4) is 0 Å². The largest absolute Gasteiger partial charge is 0.376 e. The number of nitrogens with zero attached hydrogens (tertiary/aromatic N) is 2. The molecular weight excluding hydrogens is 252 g/mol. The van der Waals surface area contributed by atoms with Gasteiger partial charge < -0.3 is 15.0 Å². The van der Waals surface area contributed by atoms with Gasteiger partial charge in [0.15, 0.2) is 11.6 Å². The van der Waals surface area contributed by atoms with Crippen molar-refractivity contribution in [3.63, 3.8) is 0 Å². The second kappa shape index (κ2) is 4.77. The number of anilines is 1. The lowest BCUT2D eigenvalue weighted by Gasteiger charge is -2.23. The van der Waals surface area contributed by atoms with Gasteiger partial charge in [0, 0.05) is 6.61 Å².